The molecule has 0 unspecified atom stereocenters. The quantitative estimate of drug-likeness (QED) is 0.654. The second-order valence-electron chi connectivity index (χ2n) is 4.27. The lowest BCUT2D eigenvalue weighted by Gasteiger charge is -2.20. The minimum Gasteiger partial charge on any atom is -0.490 e. The predicted octanol–water partition coefficient (Wildman–Crippen LogP) is 0.682. The van der Waals surface area contributed by atoms with Crippen molar-refractivity contribution in [1.82, 2.24) is 4.31 Å². The summed E-state index contributed by atoms with van der Waals surface area (Å²) in [6, 6.07) is 6.96. The average Bonchev–Trinajstić information content (AvgIpc) is 2.41. The van der Waals surface area contributed by atoms with E-state index < -0.39 is 10.0 Å². The third-order valence-corrected chi connectivity index (χ3v) is 4.74. The summed E-state index contributed by atoms with van der Waals surface area (Å²) < 4.78 is 30.9. The van der Waals surface area contributed by atoms with Crippen LogP contribution in [0.25, 0.3) is 0 Å². The molecule has 0 aliphatic rings. The molecule has 0 spiro atoms. The first kappa shape index (κ1) is 16.7. The summed E-state index contributed by atoms with van der Waals surface area (Å²) in [5, 5.41) is 8.77. The third-order valence-electron chi connectivity index (χ3n) is 2.83. The molecular formula is C13H22N2O4S. The van der Waals surface area contributed by atoms with Crippen LogP contribution in [0, 0.1) is 0 Å². The summed E-state index contributed by atoms with van der Waals surface area (Å²) in [7, 11) is -3.37. The van der Waals surface area contributed by atoms with Gasteiger partial charge in [-0.1, -0.05) is 19.1 Å². The third kappa shape index (κ3) is 4.99. The molecule has 0 aliphatic heterocycles. The number of ether oxygens (including phenoxy) is 1. The monoisotopic (exact) mass is 302 g/mol. The van der Waals surface area contributed by atoms with Gasteiger partial charge in [-0.3, -0.25) is 0 Å². The van der Waals surface area contributed by atoms with Gasteiger partial charge in [0, 0.05) is 19.7 Å². The molecule has 1 rings (SSSR count). The predicted molar refractivity (Wildman–Crippen MR) is 79.1 cm³/mol. The highest BCUT2D eigenvalue weighted by atomic mass is 32.2. The minimum atomic E-state index is -3.37. The Morgan fingerprint density at radius 2 is 2.05 bits per heavy atom. The molecule has 6 nitrogen and oxygen atoms in total. The average molecular weight is 302 g/mol. The molecule has 114 valence electrons. The number of hydrogen-bond acceptors (Lipinski definition) is 5. The van der Waals surface area contributed by atoms with Crippen molar-refractivity contribution < 1.29 is 18.3 Å². The molecule has 0 saturated heterocycles. The van der Waals surface area contributed by atoms with Gasteiger partial charge in [0.2, 0.25) is 10.0 Å². The lowest BCUT2D eigenvalue weighted by atomic mass is 10.3. The van der Waals surface area contributed by atoms with Crippen molar-refractivity contribution in [2.45, 2.75) is 13.3 Å². The van der Waals surface area contributed by atoms with Crippen LogP contribution in [0.1, 0.15) is 13.3 Å². The molecule has 3 N–H and O–H groups in total. The largest absolute Gasteiger partial charge is 0.490 e. The number of benzene rings is 1. The zero-order chi connectivity index (χ0) is 15.0. The first-order chi connectivity index (χ1) is 9.51. The number of nitrogen functional groups attached to an aromatic ring is 1. The number of nitrogens with zero attached hydrogens (tertiary/aromatic N) is 1. The van der Waals surface area contributed by atoms with E-state index >= 15 is 0 Å². The molecule has 0 amide bonds. The summed E-state index contributed by atoms with van der Waals surface area (Å²) in [5.74, 6) is 0.377. The lowest BCUT2D eigenvalue weighted by molar-refractivity contribution is 0.270. The van der Waals surface area contributed by atoms with Crippen molar-refractivity contribution in [1.29, 1.82) is 0 Å². The molecule has 20 heavy (non-hydrogen) atoms. The zero-order valence-electron chi connectivity index (χ0n) is 11.7. The molecule has 1 aromatic carbocycles. The summed E-state index contributed by atoms with van der Waals surface area (Å²) in [4.78, 5) is 0. The molecule has 0 radical (unpaired) electrons. The Bertz CT molecular complexity index is 505. The van der Waals surface area contributed by atoms with Crippen LogP contribution in [0.2, 0.25) is 0 Å². The van der Waals surface area contributed by atoms with Crippen LogP contribution in [0.15, 0.2) is 24.3 Å². The Kier molecular flexibility index (Phi) is 6.77. The molecular weight excluding hydrogens is 280 g/mol. The van der Waals surface area contributed by atoms with Crippen LogP contribution in [0.5, 0.6) is 5.75 Å². The number of aliphatic hydroxyl groups is 1. The van der Waals surface area contributed by atoms with Crippen molar-refractivity contribution >= 4 is 15.7 Å². The van der Waals surface area contributed by atoms with Gasteiger partial charge in [-0.2, -0.15) is 0 Å². The molecule has 0 bridgehead atoms. The van der Waals surface area contributed by atoms with E-state index in [1.807, 2.05) is 0 Å². The highest BCUT2D eigenvalue weighted by Gasteiger charge is 2.19. The van der Waals surface area contributed by atoms with Gasteiger partial charge in [0.1, 0.15) is 12.4 Å². The molecule has 0 atom stereocenters. The van der Waals surface area contributed by atoms with Crippen LogP contribution >= 0.6 is 0 Å². The van der Waals surface area contributed by atoms with E-state index in [0.29, 0.717) is 30.9 Å². The van der Waals surface area contributed by atoms with Crippen molar-refractivity contribution in [2.75, 3.05) is 37.8 Å². The van der Waals surface area contributed by atoms with Crippen LogP contribution in [0.4, 0.5) is 5.69 Å². The van der Waals surface area contributed by atoms with E-state index in [0.717, 1.165) is 0 Å². The second kappa shape index (κ2) is 8.08. The van der Waals surface area contributed by atoms with Crippen LogP contribution < -0.4 is 10.5 Å². The van der Waals surface area contributed by atoms with Crippen LogP contribution in [0.3, 0.4) is 0 Å². The topological polar surface area (TPSA) is 92.9 Å². The van der Waals surface area contributed by atoms with E-state index in [-0.39, 0.29) is 19.0 Å². The number of sulfonamides is 1. The summed E-state index contributed by atoms with van der Waals surface area (Å²) >= 11 is 0. The van der Waals surface area contributed by atoms with Crippen molar-refractivity contribution in [3.8, 4) is 5.75 Å². The van der Waals surface area contributed by atoms with E-state index in [4.69, 9.17) is 15.6 Å². The van der Waals surface area contributed by atoms with E-state index in [2.05, 4.69) is 0 Å². The fourth-order valence-corrected chi connectivity index (χ4v) is 3.09. The maximum absolute atomic E-state index is 12.1. The van der Waals surface area contributed by atoms with Gasteiger partial charge in [-0.25, -0.2) is 12.7 Å². The fourth-order valence-electron chi connectivity index (χ4n) is 1.74. The maximum Gasteiger partial charge on any atom is 0.217 e. The zero-order valence-corrected chi connectivity index (χ0v) is 12.5. The Hall–Kier alpha value is -1.31. The smallest absolute Gasteiger partial charge is 0.217 e. The first-order valence-electron chi connectivity index (χ1n) is 6.57. The van der Waals surface area contributed by atoms with Gasteiger partial charge in [0.05, 0.1) is 11.4 Å². The van der Waals surface area contributed by atoms with Crippen molar-refractivity contribution in [3.05, 3.63) is 24.3 Å². The molecule has 0 aromatic heterocycles. The molecule has 0 saturated carbocycles. The minimum absolute atomic E-state index is 0.0247. The first-order valence-corrected chi connectivity index (χ1v) is 8.18. The molecule has 1 aromatic rings. The number of anilines is 1. The Morgan fingerprint density at radius 3 is 2.65 bits per heavy atom. The van der Waals surface area contributed by atoms with Crippen molar-refractivity contribution in [2.24, 2.45) is 0 Å². The van der Waals surface area contributed by atoms with E-state index in [1.54, 1.807) is 31.2 Å². The van der Waals surface area contributed by atoms with Gasteiger partial charge < -0.3 is 15.6 Å². The number of hydrogen-bond donors (Lipinski definition) is 2. The van der Waals surface area contributed by atoms with Crippen LogP contribution in [-0.2, 0) is 10.0 Å². The Balaban J connectivity index is 2.52. The van der Waals surface area contributed by atoms with Gasteiger partial charge in [0.15, 0.2) is 0 Å². The molecule has 0 heterocycles. The number of nitrogens with two attached hydrogens (primary N) is 1. The SMILES string of the molecule is CCN(CCCO)S(=O)(=O)CCOc1ccccc1N. The molecule has 0 aliphatic carbocycles. The highest BCUT2D eigenvalue weighted by molar-refractivity contribution is 7.89. The summed E-state index contributed by atoms with van der Waals surface area (Å²) in [5.41, 5.74) is 6.19. The van der Waals surface area contributed by atoms with E-state index in [1.165, 1.54) is 4.31 Å². The lowest BCUT2D eigenvalue weighted by Crippen LogP contribution is -2.35. The molecule has 0 fully saturated rings. The summed E-state index contributed by atoms with van der Waals surface area (Å²) in [6.07, 6.45) is 0.430. The number of aliphatic hydroxyl groups excluding tert-OH is 1. The normalized spacial score (nSPS) is 11.8. The number of para-hydroxylation sites is 2. The van der Waals surface area contributed by atoms with Gasteiger partial charge >= 0.3 is 0 Å². The van der Waals surface area contributed by atoms with Gasteiger partial charge in [-0.15, -0.1) is 0 Å². The Labute approximate surface area is 120 Å². The van der Waals surface area contributed by atoms with Gasteiger partial charge in [-0.05, 0) is 18.6 Å². The number of rotatable bonds is 9. The standard InChI is InChI=1S/C13H22N2O4S/c1-2-15(8-5-9-16)20(17,18)11-10-19-13-7-4-3-6-12(13)14/h3-4,6-7,16H,2,5,8-11,14H2,1H3. The summed E-state index contributed by atoms with van der Waals surface area (Å²) in [6.45, 7) is 2.50. The van der Waals surface area contributed by atoms with E-state index in [9.17, 15) is 8.42 Å². The Morgan fingerprint density at radius 1 is 1.35 bits per heavy atom. The fraction of sp³-hybridized carbons (Fsp3) is 0.538. The second-order valence-corrected chi connectivity index (χ2v) is 6.36. The molecule has 7 heteroatoms. The van der Waals surface area contributed by atoms with Gasteiger partial charge in [0.25, 0.3) is 0 Å². The van der Waals surface area contributed by atoms with Crippen molar-refractivity contribution in [3.63, 3.8) is 0 Å². The highest BCUT2D eigenvalue weighted by Crippen LogP contribution is 2.19. The maximum atomic E-state index is 12.1. The van der Waals surface area contributed by atoms with Crippen LogP contribution in [-0.4, -0.2) is 49.9 Å².